The van der Waals surface area contributed by atoms with Crippen molar-refractivity contribution in [2.45, 2.75) is 18.7 Å². The summed E-state index contributed by atoms with van der Waals surface area (Å²) in [7, 11) is 0. The number of halogens is 3. The highest BCUT2D eigenvalue weighted by molar-refractivity contribution is 9.10. The minimum atomic E-state index is -0.177. The second-order valence-electron chi connectivity index (χ2n) is 3.43. The summed E-state index contributed by atoms with van der Waals surface area (Å²) in [5, 5.41) is 3.25. The van der Waals surface area contributed by atoms with Crippen molar-refractivity contribution < 1.29 is 4.79 Å². The molecule has 0 aliphatic rings. The standard InChI is InChI=1S/C11H12BrCl2NO/c1-7(13)5-6-15-11(16)8-3-2-4-9(12)10(8)14/h2-4,7H,5-6H2,1H3,(H,15,16). The zero-order chi connectivity index (χ0) is 12.1. The maximum Gasteiger partial charge on any atom is 0.252 e. The average Bonchev–Trinajstić information content (AvgIpc) is 2.21. The third kappa shape index (κ3) is 3.96. The third-order valence-electron chi connectivity index (χ3n) is 2.02. The van der Waals surface area contributed by atoms with Crippen LogP contribution in [0.5, 0.6) is 0 Å². The molecule has 0 aliphatic heterocycles. The van der Waals surface area contributed by atoms with E-state index < -0.39 is 0 Å². The molecule has 1 unspecified atom stereocenters. The van der Waals surface area contributed by atoms with Gasteiger partial charge in [0.15, 0.2) is 0 Å². The third-order valence-corrected chi connectivity index (χ3v) is 3.54. The van der Waals surface area contributed by atoms with Crippen LogP contribution in [0.25, 0.3) is 0 Å². The molecule has 16 heavy (non-hydrogen) atoms. The first-order chi connectivity index (χ1) is 7.52. The molecule has 2 nitrogen and oxygen atoms in total. The van der Waals surface area contributed by atoms with Crippen molar-refractivity contribution in [3.63, 3.8) is 0 Å². The molecular weight excluding hydrogens is 313 g/mol. The summed E-state index contributed by atoms with van der Waals surface area (Å²) in [6, 6.07) is 5.25. The molecule has 1 N–H and O–H groups in total. The zero-order valence-corrected chi connectivity index (χ0v) is 11.9. The Kier molecular flexibility index (Phi) is 5.59. The Hall–Kier alpha value is -0.250. The lowest BCUT2D eigenvalue weighted by Crippen LogP contribution is -2.26. The summed E-state index contributed by atoms with van der Waals surface area (Å²) in [5.74, 6) is -0.177. The largest absolute Gasteiger partial charge is 0.352 e. The summed E-state index contributed by atoms with van der Waals surface area (Å²) in [6.45, 7) is 2.44. The molecule has 5 heteroatoms. The van der Waals surface area contributed by atoms with Gasteiger partial charge in [-0.2, -0.15) is 0 Å². The van der Waals surface area contributed by atoms with E-state index >= 15 is 0 Å². The van der Waals surface area contributed by atoms with E-state index in [2.05, 4.69) is 21.2 Å². The number of rotatable bonds is 4. The minimum absolute atomic E-state index is 0.0540. The van der Waals surface area contributed by atoms with Gasteiger partial charge in [-0.1, -0.05) is 17.7 Å². The molecule has 1 atom stereocenters. The molecule has 0 heterocycles. The van der Waals surface area contributed by atoms with E-state index in [0.29, 0.717) is 21.6 Å². The van der Waals surface area contributed by atoms with Gasteiger partial charge < -0.3 is 5.32 Å². The van der Waals surface area contributed by atoms with Crippen LogP contribution < -0.4 is 5.32 Å². The van der Waals surface area contributed by atoms with Crippen molar-refractivity contribution >= 4 is 45.0 Å². The van der Waals surface area contributed by atoms with Crippen LogP contribution in [-0.2, 0) is 0 Å². The molecule has 0 fully saturated rings. The second kappa shape index (κ2) is 6.48. The maximum atomic E-state index is 11.7. The lowest BCUT2D eigenvalue weighted by molar-refractivity contribution is 0.0953. The fraction of sp³-hybridized carbons (Fsp3) is 0.364. The van der Waals surface area contributed by atoms with Crippen molar-refractivity contribution in [1.82, 2.24) is 5.32 Å². The van der Waals surface area contributed by atoms with Crippen LogP contribution in [0.3, 0.4) is 0 Å². The molecule has 0 saturated carbocycles. The van der Waals surface area contributed by atoms with E-state index in [9.17, 15) is 4.79 Å². The van der Waals surface area contributed by atoms with E-state index in [-0.39, 0.29) is 11.3 Å². The summed E-state index contributed by atoms with van der Waals surface area (Å²) >= 11 is 15.0. The minimum Gasteiger partial charge on any atom is -0.352 e. The normalized spacial score (nSPS) is 12.2. The van der Waals surface area contributed by atoms with Gasteiger partial charge in [0.25, 0.3) is 5.91 Å². The van der Waals surface area contributed by atoms with E-state index in [4.69, 9.17) is 23.2 Å². The molecule has 0 spiro atoms. The van der Waals surface area contributed by atoms with E-state index in [1.54, 1.807) is 18.2 Å². The number of alkyl halides is 1. The predicted molar refractivity (Wildman–Crippen MR) is 71.4 cm³/mol. The lowest BCUT2D eigenvalue weighted by atomic mass is 10.2. The van der Waals surface area contributed by atoms with Crippen LogP contribution >= 0.6 is 39.1 Å². The molecule has 0 aromatic heterocycles. The Balaban J connectivity index is 2.63. The van der Waals surface area contributed by atoms with Crippen molar-refractivity contribution in [2.24, 2.45) is 0 Å². The Bertz CT molecular complexity index is 382. The van der Waals surface area contributed by atoms with Gasteiger partial charge in [-0.3, -0.25) is 4.79 Å². The van der Waals surface area contributed by atoms with Gasteiger partial charge in [-0.15, -0.1) is 11.6 Å². The molecule has 1 rings (SSSR count). The molecule has 1 aromatic carbocycles. The van der Waals surface area contributed by atoms with Crippen molar-refractivity contribution in [3.8, 4) is 0 Å². The van der Waals surface area contributed by atoms with Crippen LogP contribution in [0, 0.1) is 0 Å². The number of hydrogen-bond acceptors (Lipinski definition) is 1. The molecule has 0 aliphatic carbocycles. The first kappa shape index (κ1) is 13.8. The fourth-order valence-electron chi connectivity index (χ4n) is 1.16. The van der Waals surface area contributed by atoms with E-state index in [1.165, 1.54) is 0 Å². The summed E-state index contributed by atoms with van der Waals surface area (Å²) < 4.78 is 0.715. The maximum absolute atomic E-state index is 11.7. The lowest BCUT2D eigenvalue weighted by Gasteiger charge is -2.08. The van der Waals surface area contributed by atoms with Gasteiger partial charge >= 0.3 is 0 Å². The molecule has 1 aromatic rings. The number of nitrogens with one attached hydrogen (secondary N) is 1. The predicted octanol–water partition coefficient (Wildman–Crippen LogP) is 3.85. The highest BCUT2D eigenvalue weighted by Crippen LogP contribution is 2.25. The fourth-order valence-corrected chi connectivity index (χ4v) is 1.85. The first-order valence-corrected chi connectivity index (χ1v) is 6.49. The Morgan fingerprint density at radius 2 is 2.25 bits per heavy atom. The van der Waals surface area contributed by atoms with Gasteiger partial charge in [0.2, 0.25) is 0 Å². The summed E-state index contributed by atoms with van der Waals surface area (Å²) in [5.41, 5.74) is 0.471. The zero-order valence-electron chi connectivity index (χ0n) is 8.77. The van der Waals surface area contributed by atoms with Crippen LogP contribution in [0.2, 0.25) is 5.02 Å². The molecule has 1 amide bonds. The van der Waals surface area contributed by atoms with Crippen molar-refractivity contribution in [1.29, 1.82) is 0 Å². The smallest absolute Gasteiger partial charge is 0.252 e. The Morgan fingerprint density at radius 3 is 2.88 bits per heavy atom. The van der Waals surface area contributed by atoms with Gasteiger partial charge in [0.1, 0.15) is 0 Å². The molecule has 0 bridgehead atoms. The number of carbonyl (C=O) groups excluding carboxylic acids is 1. The molecule has 88 valence electrons. The number of benzene rings is 1. The summed E-state index contributed by atoms with van der Waals surface area (Å²) in [4.78, 5) is 11.7. The van der Waals surface area contributed by atoms with Crippen LogP contribution in [0.4, 0.5) is 0 Å². The van der Waals surface area contributed by atoms with Gasteiger partial charge in [-0.05, 0) is 41.4 Å². The molecular formula is C11H12BrCl2NO. The summed E-state index contributed by atoms with van der Waals surface area (Å²) in [6.07, 6.45) is 0.735. The SMILES string of the molecule is CC(Cl)CCNC(=O)c1cccc(Br)c1Cl. The van der Waals surface area contributed by atoms with Crippen LogP contribution in [-0.4, -0.2) is 17.8 Å². The second-order valence-corrected chi connectivity index (χ2v) is 5.40. The Morgan fingerprint density at radius 1 is 1.56 bits per heavy atom. The topological polar surface area (TPSA) is 29.1 Å². The van der Waals surface area contributed by atoms with Crippen molar-refractivity contribution in [2.75, 3.05) is 6.54 Å². The monoisotopic (exact) mass is 323 g/mol. The highest BCUT2D eigenvalue weighted by atomic mass is 79.9. The van der Waals surface area contributed by atoms with Crippen molar-refractivity contribution in [3.05, 3.63) is 33.3 Å². The van der Waals surface area contributed by atoms with E-state index in [0.717, 1.165) is 6.42 Å². The molecule has 0 radical (unpaired) electrons. The first-order valence-electron chi connectivity index (χ1n) is 4.88. The number of amides is 1. The van der Waals surface area contributed by atoms with Crippen LogP contribution in [0.15, 0.2) is 22.7 Å². The molecule has 0 saturated heterocycles. The average molecular weight is 325 g/mol. The van der Waals surface area contributed by atoms with Gasteiger partial charge in [0, 0.05) is 16.4 Å². The van der Waals surface area contributed by atoms with Crippen LogP contribution in [0.1, 0.15) is 23.7 Å². The quantitative estimate of drug-likeness (QED) is 0.837. The van der Waals surface area contributed by atoms with Gasteiger partial charge in [0.05, 0.1) is 10.6 Å². The Labute approximate surface area is 113 Å². The highest BCUT2D eigenvalue weighted by Gasteiger charge is 2.11. The van der Waals surface area contributed by atoms with E-state index in [1.807, 2.05) is 6.92 Å². The number of carbonyl (C=O) groups is 1. The number of hydrogen-bond donors (Lipinski definition) is 1. The van der Waals surface area contributed by atoms with Gasteiger partial charge in [-0.25, -0.2) is 0 Å².